The largest absolute Gasteiger partial charge is 0.497 e. The van der Waals surface area contributed by atoms with Crippen LogP contribution in [0.3, 0.4) is 0 Å². The van der Waals surface area contributed by atoms with Crippen molar-refractivity contribution < 1.29 is 22.7 Å². The van der Waals surface area contributed by atoms with Crippen molar-refractivity contribution in [1.29, 1.82) is 0 Å². The monoisotopic (exact) mass is 553 g/mol. The number of amides is 2. The number of anilines is 1. The van der Waals surface area contributed by atoms with E-state index < -0.39 is 28.5 Å². The van der Waals surface area contributed by atoms with Crippen molar-refractivity contribution in [1.82, 2.24) is 10.2 Å². The van der Waals surface area contributed by atoms with E-state index in [9.17, 15) is 18.0 Å². The van der Waals surface area contributed by atoms with Crippen molar-refractivity contribution in [3.63, 3.8) is 0 Å². The molecule has 2 aromatic carbocycles. The highest BCUT2D eigenvalue weighted by atomic mass is 79.9. The summed E-state index contributed by atoms with van der Waals surface area (Å²) in [6.07, 6.45) is 1.79. The summed E-state index contributed by atoms with van der Waals surface area (Å²) >= 11 is 3.33. The van der Waals surface area contributed by atoms with Crippen molar-refractivity contribution in [2.75, 3.05) is 24.2 Å². The minimum Gasteiger partial charge on any atom is -0.497 e. The van der Waals surface area contributed by atoms with Crippen molar-refractivity contribution in [2.24, 2.45) is 0 Å². The van der Waals surface area contributed by atoms with Gasteiger partial charge in [0.1, 0.15) is 18.3 Å². The van der Waals surface area contributed by atoms with Gasteiger partial charge in [-0.25, -0.2) is 8.42 Å². The van der Waals surface area contributed by atoms with Gasteiger partial charge in [-0.15, -0.1) is 0 Å². The maximum atomic E-state index is 13.5. The van der Waals surface area contributed by atoms with E-state index in [2.05, 4.69) is 21.2 Å². The molecule has 2 aromatic rings. The Bertz CT molecular complexity index is 1090. The van der Waals surface area contributed by atoms with Crippen LogP contribution in [0.1, 0.15) is 32.8 Å². The Balaban J connectivity index is 2.39. The van der Waals surface area contributed by atoms with Crippen LogP contribution in [0.25, 0.3) is 0 Å². The molecular weight excluding hydrogens is 522 g/mol. The Morgan fingerprint density at radius 2 is 1.76 bits per heavy atom. The average molecular weight is 555 g/mol. The summed E-state index contributed by atoms with van der Waals surface area (Å²) < 4.78 is 32.2. The zero-order chi connectivity index (χ0) is 25.5. The van der Waals surface area contributed by atoms with E-state index in [4.69, 9.17) is 4.74 Å². The predicted octanol–water partition coefficient (Wildman–Crippen LogP) is 3.56. The third-order valence-electron chi connectivity index (χ3n) is 5.45. The van der Waals surface area contributed by atoms with Gasteiger partial charge < -0.3 is 15.0 Å². The van der Waals surface area contributed by atoms with Crippen LogP contribution in [0.4, 0.5) is 5.69 Å². The topological polar surface area (TPSA) is 96.0 Å². The Labute approximate surface area is 210 Å². The first-order valence-corrected chi connectivity index (χ1v) is 13.6. The SMILES string of the molecule is CCC(C)NC(=O)C(C)N(Cc1cccc(OC)c1)C(=O)CN(c1ccc(Br)cc1)S(C)(=O)=O. The van der Waals surface area contributed by atoms with E-state index in [0.717, 1.165) is 27.0 Å². The zero-order valence-electron chi connectivity index (χ0n) is 20.1. The number of sulfonamides is 1. The molecule has 0 fully saturated rings. The van der Waals surface area contributed by atoms with Crippen LogP contribution >= 0.6 is 15.9 Å². The van der Waals surface area contributed by atoms with Gasteiger partial charge in [-0.2, -0.15) is 0 Å². The number of hydrogen-bond donors (Lipinski definition) is 1. The van der Waals surface area contributed by atoms with Crippen LogP contribution < -0.4 is 14.4 Å². The number of benzene rings is 2. The normalized spacial score (nSPS) is 13.0. The number of carbonyl (C=O) groups excluding carboxylic acids is 2. The molecule has 2 rings (SSSR count). The number of rotatable bonds is 11. The number of halogens is 1. The third kappa shape index (κ3) is 7.73. The maximum absolute atomic E-state index is 13.5. The van der Waals surface area contributed by atoms with Crippen LogP contribution in [-0.4, -0.2) is 57.1 Å². The van der Waals surface area contributed by atoms with Gasteiger partial charge in [-0.3, -0.25) is 13.9 Å². The molecule has 0 aromatic heterocycles. The van der Waals surface area contributed by atoms with Gasteiger partial charge in [0.05, 0.1) is 19.1 Å². The van der Waals surface area contributed by atoms with Crippen LogP contribution in [-0.2, 0) is 26.2 Å². The number of nitrogens with one attached hydrogen (secondary N) is 1. The molecule has 0 spiro atoms. The molecule has 0 bridgehead atoms. The van der Waals surface area contributed by atoms with Gasteiger partial charge in [0.2, 0.25) is 21.8 Å². The molecule has 34 heavy (non-hydrogen) atoms. The number of hydrogen-bond acceptors (Lipinski definition) is 5. The highest BCUT2D eigenvalue weighted by Gasteiger charge is 2.30. The molecule has 8 nitrogen and oxygen atoms in total. The van der Waals surface area contributed by atoms with Crippen molar-refractivity contribution in [3.05, 3.63) is 58.6 Å². The van der Waals surface area contributed by atoms with Crippen LogP contribution in [0.2, 0.25) is 0 Å². The molecule has 0 radical (unpaired) electrons. The standard InChI is InChI=1S/C24H32BrN3O5S/c1-6-17(2)26-24(30)18(3)27(15-19-8-7-9-22(14-19)33-4)23(29)16-28(34(5,31)32)21-12-10-20(25)11-13-21/h7-14,17-18H,6,15-16H2,1-5H3,(H,26,30). The van der Waals surface area contributed by atoms with Crippen LogP contribution in [0, 0.1) is 0 Å². The lowest BCUT2D eigenvalue weighted by Gasteiger charge is -2.32. The highest BCUT2D eigenvalue weighted by Crippen LogP contribution is 2.22. The maximum Gasteiger partial charge on any atom is 0.244 e. The summed E-state index contributed by atoms with van der Waals surface area (Å²) in [6, 6.07) is 12.9. The second-order valence-electron chi connectivity index (χ2n) is 8.11. The first-order valence-electron chi connectivity index (χ1n) is 10.9. The summed E-state index contributed by atoms with van der Waals surface area (Å²) in [5, 5.41) is 2.90. The molecule has 0 aliphatic heterocycles. The second-order valence-corrected chi connectivity index (χ2v) is 10.9. The molecule has 186 valence electrons. The summed E-state index contributed by atoms with van der Waals surface area (Å²) in [4.78, 5) is 27.8. The Morgan fingerprint density at radius 3 is 2.32 bits per heavy atom. The fraction of sp³-hybridized carbons (Fsp3) is 0.417. The second kappa shape index (κ2) is 12.2. The van der Waals surface area contributed by atoms with Gasteiger partial charge in [-0.1, -0.05) is 35.0 Å². The Morgan fingerprint density at radius 1 is 1.12 bits per heavy atom. The third-order valence-corrected chi connectivity index (χ3v) is 7.12. The molecule has 2 atom stereocenters. The smallest absolute Gasteiger partial charge is 0.244 e. The lowest BCUT2D eigenvalue weighted by molar-refractivity contribution is -0.139. The fourth-order valence-electron chi connectivity index (χ4n) is 3.24. The highest BCUT2D eigenvalue weighted by molar-refractivity contribution is 9.10. The number of ether oxygens (including phenoxy) is 1. The lowest BCUT2D eigenvalue weighted by atomic mass is 10.1. The summed E-state index contributed by atoms with van der Waals surface area (Å²) in [5.74, 6) is -0.183. The molecule has 0 aliphatic carbocycles. The van der Waals surface area contributed by atoms with Gasteiger partial charge >= 0.3 is 0 Å². The van der Waals surface area contributed by atoms with E-state index in [0.29, 0.717) is 11.4 Å². The van der Waals surface area contributed by atoms with E-state index in [-0.39, 0.29) is 18.5 Å². The quantitative estimate of drug-likeness (QED) is 0.459. The van der Waals surface area contributed by atoms with Crippen molar-refractivity contribution in [2.45, 2.75) is 45.8 Å². The van der Waals surface area contributed by atoms with Crippen LogP contribution in [0.15, 0.2) is 53.0 Å². The van der Waals surface area contributed by atoms with E-state index >= 15 is 0 Å². The Hall–Kier alpha value is -2.59. The van der Waals surface area contributed by atoms with Crippen LogP contribution in [0.5, 0.6) is 5.75 Å². The lowest BCUT2D eigenvalue weighted by Crippen LogP contribution is -2.52. The van der Waals surface area contributed by atoms with Gasteiger partial charge in [-0.05, 0) is 62.2 Å². The van der Waals surface area contributed by atoms with Gasteiger partial charge in [0.25, 0.3) is 0 Å². The molecule has 10 heteroatoms. The van der Waals surface area contributed by atoms with E-state index in [1.54, 1.807) is 56.5 Å². The molecule has 0 heterocycles. The molecular formula is C24H32BrN3O5S. The number of nitrogens with zero attached hydrogens (tertiary/aromatic N) is 2. The molecule has 1 N–H and O–H groups in total. The summed E-state index contributed by atoms with van der Waals surface area (Å²) in [7, 11) is -2.21. The van der Waals surface area contributed by atoms with Crippen molar-refractivity contribution in [3.8, 4) is 5.75 Å². The average Bonchev–Trinajstić information content (AvgIpc) is 2.80. The molecule has 0 saturated heterocycles. The Kier molecular flexibility index (Phi) is 9.93. The van der Waals surface area contributed by atoms with Gasteiger partial charge in [0.15, 0.2) is 0 Å². The zero-order valence-corrected chi connectivity index (χ0v) is 22.5. The number of carbonyl (C=O) groups is 2. The predicted molar refractivity (Wildman–Crippen MR) is 137 cm³/mol. The molecule has 0 aliphatic rings. The van der Waals surface area contributed by atoms with Crippen molar-refractivity contribution >= 4 is 43.5 Å². The van der Waals surface area contributed by atoms with E-state index in [1.165, 1.54) is 4.90 Å². The molecule has 2 amide bonds. The minimum atomic E-state index is -3.76. The fourth-order valence-corrected chi connectivity index (χ4v) is 4.35. The first-order chi connectivity index (χ1) is 16.0. The minimum absolute atomic E-state index is 0.0565. The molecule has 0 saturated carbocycles. The number of methoxy groups -OCH3 is 1. The summed E-state index contributed by atoms with van der Waals surface area (Å²) in [6.45, 7) is 5.16. The molecule has 2 unspecified atom stereocenters. The van der Waals surface area contributed by atoms with Gasteiger partial charge in [0, 0.05) is 17.1 Å². The summed E-state index contributed by atoms with van der Waals surface area (Å²) in [5.41, 5.74) is 1.11. The van der Waals surface area contributed by atoms with E-state index in [1.807, 2.05) is 19.9 Å². The first kappa shape index (κ1) is 27.7.